The van der Waals surface area contributed by atoms with Gasteiger partial charge in [0.25, 0.3) is 0 Å². The van der Waals surface area contributed by atoms with Gasteiger partial charge in [-0.2, -0.15) is 11.8 Å². The second-order valence-corrected chi connectivity index (χ2v) is 7.08. The number of aromatic nitrogens is 2. The average molecular weight is 294 g/mol. The number of hydrogen-bond donors (Lipinski definition) is 1. The summed E-state index contributed by atoms with van der Waals surface area (Å²) < 4.78 is 0. The van der Waals surface area contributed by atoms with Gasteiger partial charge in [-0.05, 0) is 12.8 Å². The Balaban J connectivity index is 1.78. The first-order chi connectivity index (χ1) is 9.78. The van der Waals surface area contributed by atoms with Gasteiger partial charge in [-0.1, -0.05) is 6.92 Å². The predicted octanol–water partition coefficient (Wildman–Crippen LogP) is 1.38. The molecule has 5 nitrogen and oxygen atoms in total. The van der Waals surface area contributed by atoms with E-state index >= 15 is 0 Å². The number of nitrogens with zero attached hydrogens (tertiary/aromatic N) is 4. The summed E-state index contributed by atoms with van der Waals surface area (Å²) in [5.74, 6) is 3.13. The van der Waals surface area contributed by atoms with Crippen LogP contribution in [0.2, 0.25) is 0 Å². The predicted molar refractivity (Wildman–Crippen MR) is 83.6 cm³/mol. The van der Waals surface area contributed by atoms with Gasteiger partial charge >= 0.3 is 0 Å². The van der Waals surface area contributed by atoms with Crippen molar-refractivity contribution in [1.29, 1.82) is 0 Å². The molecule has 20 heavy (non-hydrogen) atoms. The van der Waals surface area contributed by atoms with Crippen LogP contribution in [0.4, 0.5) is 11.6 Å². The zero-order valence-corrected chi connectivity index (χ0v) is 12.7. The first-order valence-corrected chi connectivity index (χ1v) is 8.39. The van der Waals surface area contributed by atoms with Gasteiger partial charge < -0.3 is 14.9 Å². The smallest absolute Gasteiger partial charge is 0.134 e. The number of rotatable bonds is 3. The fourth-order valence-corrected chi connectivity index (χ4v) is 4.03. The van der Waals surface area contributed by atoms with Crippen LogP contribution in [0.25, 0.3) is 0 Å². The standard InChI is InChI=1S/C14H22N4OS/c1-11-8-17(5-6-20-11)13-7-14(16-10-15-13)18-4-2-3-12(18)9-19/h7,10-12,19H,2-6,8-9H2,1H3/t11-,12+/m0/s1. The Hall–Kier alpha value is -1.01. The molecule has 2 aliphatic heterocycles. The molecule has 6 heteroatoms. The molecule has 1 N–H and O–H groups in total. The van der Waals surface area contributed by atoms with E-state index in [4.69, 9.17) is 0 Å². The van der Waals surface area contributed by atoms with Crippen LogP contribution in [-0.2, 0) is 0 Å². The summed E-state index contributed by atoms with van der Waals surface area (Å²) in [7, 11) is 0. The minimum atomic E-state index is 0.205. The van der Waals surface area contributed by atoms with Crippen LogP contribution >= 0.6 is 11.8 Å². The van der Waals surface area contributed by atoms with Gasteiger partial charge in [0.05, 0.1) is 12.6 Å². The monoisotopic (exact) mass is 294 g/mol. The van der Waals surface area contributed by atoms with Crippen molar-refractivity contribution in [2.75, 3.05) is 41.8 Å². The van der Waals surface area contributed by atoms with Crippen LogP contribution in [0.3, 0.4) is 0 Å². The summed E-state index contributed by atoms with van der Waals surface area (Å²) in [6.45, 7) is 5.55. The van der Waals surface area contributed by atoms with Crippen molar-refractivity contribution < 1.29 is 5.11 Å². The van der Waals surface area contributed by atoms with E-state index in [0.717, 1.165) is 49.9 Å². The molecule has 0 bridgehead atoms. The Kier molecular flexibility index (Phi) is 4.31. The third-order valence-corrected chi connectivity index (χ3v) is 5.22. The Morgan fingerprint density at radius 3 is 3.00 bits per heavy atom. The van der Waals surface area contributed by atoms with E-state index in [9.17, 15) is 5.11 Å². The lowest BCUT2D eigenvalue weighted by Crippen LogP contribution is -2.37. The van der Waals surface area contributed by atoms with Gasteiger partial charge in [0.2, 0.25) is 0 Å². The van der Waals surface area contributed by atoms with Crippen molar-refractivity contribution in [2.24, 2.45) is 0 Å². The summed E-state index contributed by atoms with van der Waals surface area (Å²) in [4.78, 5) is 13.4. The third-order valence-electron chi connectivity index (χ3n) is 4.09. The van der Waals surface area contributed by atoms with Crippen molar-refractivity contribution in [3.63, 3.8) is 0 Å². The van der Waals surface area contributed by atoms with Crippen molar-refractivity contribution >= 4 is 23.4 Å². The fraction of sp³-hybridized carbons (Fsp3) is 0.714. The van der Waals surface area contributed by atoms with E-state index in [-0.39, 0.29) is 12.6 Å². The largest absolute Gasteiger partial charge is 0.394 e. The fourth-order valence-electron chi connectivity index (χ4n) is 3.02. The maximum atomic E-state index is 9.45. The van der Waals surface area contributed by atoms with Crippen LogP contribution in [0.1, 0.15) is 19.8 Å². The number of hydrogen-bond acceptors (Lipinski definition) is 6. The molecule has 3 heterocycles. The molecule has 0 aromatic carbocycles. The molecule has 1 aromatic heterocycles. The van der Waals surface area contributed by atoms with Gasteiger partial charge in [0.15, 0.2) is 0 Å². The van der Waals surface area contributed by atoms with Crippen LogP contribution < -0.4 is 9.80 Å². The summed E-state index contributed by atoms with van der Waals surface area (Å²) in [6, 6.07) is 2.30. The Morgan fingerprint density at radius 2 is 2.20 bits per heavy atom. The minimum absolute atomic E-state index is 0.205. The van der Waals surface area contributed by atoms with E-state index in [2.05, 4.69) is 32.8 Å². The van der Waals surface area contributed by atoms with E-state index < -0.39 is 0 Å². The average Bonchev–Trinajstić information content (AvgIpc) is 2.96. The van der Waals surface area contributed by atoms with Gasteiger partial charge in [-0.15, -0.1) is 0 Å². The van der Waals surface area contributed by atoms with Crippen molar-refractivity contribution in [2.45, 2.75) is 31.1 Å². The van der Waals surface area contributed by atoms with Crippen molar-refractivity contribution in [3.8, 4) is 0 Å². The number of thioether (sulfide) groups is 1. The van der Waals surface area contributed by atoms with Crippen molar-refractivity contribution in [3.05, 3.63) is 12.4 Å². The quantitative estimate of drug-likeness (QED) is 0.909. The highest BCUT2D eigenvalue weighted by molar-refractivity contribution is 8.00. The summed E-state index contributed by atoms with van der Waals surface area (Å²) in [5.41, 5.74) is 0. The van der Waals surface area contributed by atoms with Gasteiger partial charge in [0.1, 0.15) is 18.0 Å². The summed E-state index contributed by atoms with van der Waals surface area (Å²) in [5, 5.41) is 10.1. The molecule has 1 aromatic rings. The molecule has 0 aliphatic carbocycles. The lowest BCUT2D eigenvalue weighted by atomic mass is 10.2. The highest BCUT2D eigenvalue weighted by atomic mass is 32.2. The molecule has 0 radical (unpaired) electrons. The molecule has 2 fully saturated rings. The molecule has 0 spiro atoms. The number of aliphatic hydroxyl groups is 1. The number of aliphatic hydroxyl groups excluding tert-OH is 1. The second-order valence-electron chi connectivity index (χ2n) is 5.53. The van der Waals surface area contributed by atoms with E-state index in [1.54, 1.807) is 6.33 Å². The summed E-state index contributed by atoms with van der Waals surface area (Å²) in [6.07, 6.45) is 3.83. The molecule has 2 atom stereocenters. The zero-order valence-electron chi connectivity index (χ0n) is 11.9. The van der Waals surface area contributed by atoms with Crippen LogP contribution in [0.5, 0.6) is 0 Å². The molecule has 0 unspecified atom stereocenters. The normalized spacial score (nSPS) is 27.1. The topological polar surface area (TPSA) is 52.5 Å². The molecule has 3 rings (SSSR count). The molecule has 2 aliphatic rings. The first kappa shape index (κ1) is 13.9. The van der Waals surface area contributed by atoms with Crippen LogP contribution in [-0.4, -0.2) is 58.4 Å². The van der Waals surface area contributed by atoms with Gasteiger partial charge in [0, 0.05) is 36.7 Å². The molecule has 0 saturated carbocycles. The first-order valence-electron chi connectivity index (χ1n) is 7.34. The highest BCUT2D eigenvalue weighted by Gasteiger charge is 2.26. The molecular weight excluding hydrogens is 272 g/mol. The lowest BCUT2D eigenvalue weighted by molar-refractivity contribution is 0.266. The van der Waals surface area contributed by atoms with E-state index in [0.29, 0.717) is 5.25 Å². The zero-order chi connectivity index (χ0) is 13.9. The molecule has 0 amide bonds. The van der Waals surface area contributed by atoms with Crippen molar-refractivity contribution in [1.82, 2.24) is 9.97 Å². The van der Waals surface area contributed by atoms with Crippen LogP contribution in [0.15, 0.2) is 12.4 Å². The maximum Gasteiger partial charge on any atom is 0.134 e. The Morgan fingerprint density at radius 1 is 1.35 bits per heavy atom. The van der Waals surface area contributed by atoms with Crippen LogP contribution in [0, 0.1) is 0 Å². The second kappa shape index (κ2) is 6.18. The molecule has 2 saturated heterocycles. The highest BCUT2D eigenvalue weighted by Crippen LogP contribution is 2.27. The summed E-state index contributed by atoms with van der Waals surface area (Å²) >= 11 is 2.02. The van der Waals surface area contributed by atoms with Gasteiger partial charge in [-0.3, -0.25) is 0 Å². The third kappa shape index (κ3) is 2.86. The van der Waals surface area contributed by atoms with Gasteiger partial charge in [-0.25, -0.2) is 9.97 Å². The Bertz CT molecular complexity index is 459. The molecule has 110 valence electrons. The maximum absolute atomic E-state index is 9.45. The van der Waals surface area contributed by atoms with E-state index in [1.165, 1.54) is 0 Å². The number of anilines is 2. The minimum Gasteiger partial charge on any atom is -0.394 e. The lowest BCUT2D eigenvalue weighted by Gasteiger charge is -2.32. The Labute approximate surface area is 124 Å². The SMILES string of the molecule is C[C@H]1CN(c2cc(N3CCC[C@@H]3CO)ncn2)CCS1. The van der Waals surface area contributed by atoms with E-state index in [1.807, 2.05) is 11.8 Å². The molecular formula is C14H22N4OS.